The van der Waals surface area contributed by atoms with Crippen LogP contribution in [0.3, 0.4) is 0 Å². The Morgan fingerprint density at radius 2 is 2.00 bits per heavy atom. The second kappa shape index (κ2) is 5.27. The highest BCUT2D eigenvalue weighted by Gasteiger charge is 2.06. The van der Waals surface area contributed by atoms with Crippen LogP contribution >= 0.6 is 0 Å². The molecule has 0 aliphatic heterocycles. The van der Waals surface area contributed by atoms with Gasteiger partial charge in [-0.1, -0.05) is 6.07 Å². The number of hydrogen-bond donors (Lipinski definition) is 2. The summed E-state index contributed by atoms with van der Waals surface area (Å²) >= 11 is 0. The van der Waals surface area contributed by atoms with E-state index in [9.17, 15) is 4.79 Å². The molecule has 0 atom stereocenters. The minimum atomic E-state index is -0.0924. The van der Waals surface area contributed by atoms with E-state index in [1.54, 1.807) is 4.57 Å². The molecule has 70 valence electrons. The molecule has 0 aliphatic rings. The van der Waals surface area contributed by atoms with E-state index in [-0.39, 0.29) is 12.5 Å². The van der Waals surface area contributed by atoms with Crippen molar-refractivity contribution in [1.29, 1.82) is 0 Å². The average Bonchev–Trinajstić information content (AvgIpc) is 2.16. The van der Waals surface area contributed by atoms with Crippen molar-refractivity contribution >= 4 is 5.91 Å². The predicted octanol–water partition coefficient (Wildman–Crippen LogP) is -0.917. The molecule has 0 aromatic carbocycles. The molecule has 1 heterocycles. The van der Waals surface area contributed by atoms with Gasteiger partial charge in [-0.05, 0) is 0 Å². The standard InChI is InChI=1S/C9H12N2O2/c12-7-4-10-9(13)8-11-5-2-1-3-6-11/h1-3,5-6,12H,4,7-8H2/p+1. The van der Waals surface area contributed by atoms with Gasteiger partial charge in [0.25, 0.3) is 5.91 Å². The molecule has 0 aliphatic carbocycles. The molecule has 0 saturated heterocycles. The Balaban J connectivity index is 2.37. The Labute approximate surface area is 76.8 Å². The van der Waals surface area contributed by atoms with Crippen LogP contribution in [-0.4, -0.2) is 24.2 Å². The summed E-state index contributed by atoms with van der Waals surface area (Å²) in [6, 6.07) is 5.61. The molecule has 0 unspecified atom stereocenters. The van der Waals surface area contributed by atoms with Crippen molar-refractivity contribution in [3.8, 4) is 0 Å². The molecule has 0 bridgehead atoms. The Morgan fingerprint density at radius 1 is 1.31 bits per heavy atom. The quantitative estimate of drug-likeness (QED) is 0.590. The first-order valence-corrected chi connectivity index (χ1v) is 4.14. The summed E-state index contributed by atoms with van der Waals surface area (Å²) in [6.07, 6.45) is 3.64. The van der Waals surface area contributed by atoms with Crippen molar-refractivity contribution in [3.05, 3.63) is 30.6 Å². The van der Waals surface area contributed by atoms with Gasteiger partial charge in [0.1, 0.15) is 0 Å². The lowest BCUT2D eigenvalue weighted by molar-refractivity contribution is -0.684. The van der Waals surface area contributed by atoms with E-state index in [1.807, 2.05) is 30.6 Å². The summed E-state index contributed by atoms with van der Waals surface area (Å²) in [5.41, 5.74) is 0. The first-order valence-electron chi connectivity index (χ1n) is 4.14. The number of aliphatic hydroxyl groups is 1. The van der Waals surface area contributed by atoms with Gasteiger partial charge in [-0.15, -0.1) is 0 Å². The number of pyridine rings is 1. The van der Waals surface area contributed by atoms with Crippen molar-refractivity contribution in [1.82, 2.24) is 5.32 Å². The molecule has 1 aromatic heterocycles. The van der Waals surface area contributed by atoms with Gasteiger partial charge in [-0.2, -0.15) is 4.57 Å². The lowest BCUT2D eigenvalue weighted by Crippen LogP contribution is -2.42. The van der Waals surface area contributed by atoms with Gasteiger partial charge in [-0.3, -0.25) is 4.79 Å². The Hall–Kier alpha value is -1.42. The Morgan fingerprint density at radius 3 is 2.62 bits per heavy atom. The zero-order valence-corrected chi connectivity index (χ0v) is 7.31. The second-order valence-electron chi connectivity index (χ2n) is 2.62. The fraction of sp³-hybridized carbons (Fsp3) is 0.333. The summed E-state index contributed by atoms with van der Waals surface area (Å²) < 4.78 is 1.77. The highest BCUT2D eigenvalue weighted by Crippen LogP contribution is 1.76. The van der Waals surface area contributed by atoms with Gasteiger partial charge in [0.05, 0.1) is 6.61 Å². The van der Waals surface area contributed by atoms with Gasteiger partial charge >= 0.3 is 0 Å². The summed E-state index contributed by atoms with van der Waals surface area (Å²) in [7, 11) is 0. The van der Waals surface area contributed by atoms with Gasteiger partial charge < -0.3 is 10.4 Å². The molecule has 2 N–H and O–H groups in total. The number of hydrogen-bond acceptors (Lipinski definition) is 2. The van der Waals surface area contributed by atoms with Crippen molar-refractivity contribution in [2.75, 3.05) is 13.2 Å². The molecule has 0 spiro atoms. The van der Waals surface area contributed by atoms with E-state index >= 15 is 0 Å². The van der Waals surface area contributed by atoms with Gasteiger partial charge in [-0.25, -0.2) is 0 Å². The molecule has 1 aromatic rings. The molecule has 1 rings (SSSR count). The zero-order valence-electron chi connectivity index (χ0n) is 7.31. The molecule has 0 fully saturated rings. The predicted molar refractivity (Wildman–Crippen MR) is 46.7 cm³/mol. The number of carbonyl (C=O) groups excluding carboxylic acids is 1. The monoisotopic (exact) mass is 181 g/mol. The number of aromatic nitrogens is 1. The lowest BCUT2D eigenvalue weighted by Gasteiger charge is -1.98. The normalized spacial score (nSPS) is 9.62. The van der Waals surface area contributed by atoms with E-state index in [1.165, 1.54) is 0 Å². The maximum Gasteiger partial charge on any atom is 0.286 e. The molecule has 4 nitrogen and oxygen atoms in total. The van der Waals surface area contributed by atoms with Crippen molar-refractivity contribution < 1.29 is 14.5 Å². The zero-order chi connectivity index (χ0) is 9.52. The van der Waals surface area contributed by atoms with Gasteiger partial charge in [0.15, 0.2) is 12.4 Å². The topological polar surface area (TPSA) is 53.2 Å². The van der Waals surface area contributed by atoms with Gasteiger partial charge in [0.2, 0.25) is 6.54 Å². The number of nitrogens with one attached hydrogen (secondary N) is 1. The third kappa shape index (κ3) is 3.66. The fourth-order valence-corrected chi connectivity index (χ4v) is 0.957. The van der Waals surface area contributed by atoms with E-state index < -0.39 is 0 Å². The summed E-state index contributed by atoms with van der Waals surface area (Å²) in [4.78, 5) is 11.1. The van der Waals surface area contributed by atoms with Crippen LogP contribution in [0.1, 0.15) is 0 Å². The highest BCUT2D eigenvalue weighted by atomic mass is 16.3. The molecule has 0 radical (unpaired) electrons. The van der Waals surface area contributed by atoms with Crippen LogP contribution in [-0.2, 0) is 11.3 Å². The SMILES string of the molecule is O=C(C[n+]1ccccc1)NCCO. The minimum absolute atomic E-state index is 0.0226. The Bertz CT molecular complexity index is 262. The summed E-state index contributed by atoms with van der Waals surface area (Å²) in [5.74, 6) is -0.0924. The third-order valence-corrected chi connectivity index (χ3v) is 1.54. The minimum Gasteiger partial charge on any atom is -0.395 e. The van der Waals surface area contributed by atoms with Crippen molar-refractivity contribution in [2.45, 2.75) is 6.54 Å². The number of amides is 1. The number of nitrogens with zero attached hydrogens (tertiary/aromatic N) is 1. The number of aliphatic hydroxyl groups excluding tert-OH is 1. The summed E-state index contributed by atoms with van der Waals surface area (Å²) in [6.45, 7) is 0.582. The number of rotatable bonds is 4. The molecular weight excluding hydrogens is 168 g/mol. The van der Waals surface area contributed by atoms with Crippen LogP contribution in [0.25, 0.3) is 0 Å². The van der Waals surface area contributed by atoms with Crippen LogP contribution in [0, 0.1) is 0 Å². The van der Waals surface area contributed by atoms with Crippen LogP contribution in [0.5, 0.6) is 0 Å². The first kappa shape index (κ1) is 9.67. The first-order chi connectivity index (χ1) is 6.33. The van der Waals surface area contributed by atoms with Crippen molar-refractivity contribution in [2.24, 2.45) is 0 Å². The van der Waals surface area contributed by atoms with E-state index in [0.29, 0.717) is 13.1 Å². The fourth-order valence-electron chi connectivity index (χ4n) is 0.957. The molecule has 13 heavy (non-hydrogen) atoms. The van der Waals surface area contributed by atoms with Crippen molar-refractivity contribution in [3.63, 3.8) is 0 Å². The highest BCUT2D eigenvalue weighted by molar-refractivity contribution is 5.74. The molecule has 0 saturated carbocycles. The maximum absolute atomic E-state index is 11.1. The molecule has 4 heteroatoms. The molecular formula is C9H13N2O2+. The number of carbonyl (C=O) groups is 1. The summed E-state index contributed by atoms with van der Waals surface area (Å²) in [5, 5.41) is 11.0. The van der Waals surface area contributed by atoms with Gasteiger partial charge in [0, 0.05) is 18.7 Å². The molecule has 1 amide bonds. The lowest BCUT2D eigenvalue weighted by atomic mass is 10.4. The van der Waals surface area contributed by atoms with E-state index in [2.05, 4.69) is 5.32 Å². The second-order valence-corrected chi connectivity index (χ2v) is 2.62. The van der Waals surface area contributed by atoms with Crippen LogP contribution in [0.4, 0.5) is 0 Å². The maximum atomic E-state index is 11.1. The smallest absolute Gasteiger partial charge is 0.286 e. The van der Waals surface area contributed by atoms with Crippen LogP contribution in [0.15, 0.2) is 30.6 Å². The average molecular weight is 181 g/mol. The van der Waals surface area contributed by atoms with Crippen LogP contribution in [0.2, 0.25) is 0 Å². The Kier molecular flexibility index (Phi) is 3.92. The largest absolute Gasteiger partial charge is 0.395 e. The van der Waals surface area contributed by atoms with E-state index in [4.69, 9.17) is 5.11 Å². The van der Waals surface area contributed by atoms with E-state index in [0.717, 1.165) is 0 Å². The van der Waals surface area contributed by atoms with Crippen LogP contribution < -0.4 is 9.88 Å². The third-order valence-electron chi connectivity index (χ3n) is 1.54.